The molecule has 0 saturated carbocycles. The summed E-state index contributed by atoms with van der Waals surface area (Å²) in [5.74, 6) is -0.109. The van der Waals surface area contributed by atoms with Gasteiger partial charge in [-0.2, -0.15) is 0 Å². The van der Waals surface area contributed by atoms with Gasteiger partial charge in [0.1, 0.15) is 0 Å². The van der Waals surface area contributed by atoms with Crippen LogP contribution in [0.25, 0.3) is 0 Å². The smallest absolute Gasteiger partial charge is 0.279 e. The van der Waals surface area contributed by atoms with E-state index in [1.54, 1.807) is 0 Å². The molecule has 1 N–H and O–H groups in total. The second-order valence-electron chi connectivity index (χ2n) is 5.97. The quantitative estimate of drug-likeness (QED) is 0.679. The number of rotatable bonds is 4. The van der Waals surface area contributed by atoms with Crippen LogP contribution in [0.4, 0.5) is 0 Å². The Morgan fingerprint density at radius 1 is 1.30 bits per heavy atom. The Hall–Kier alpha value is -1.39. The first-order valence-electron chi connectivity index (χ1n) is 7.39. The van der Waals surface area contributed by atoms with Gasteiger partial charge in [0.15, 0.2) is 6.04 Å². The van der Waals surface area contributed by atoms with Gasteiger partial charge >= 0.3 is 0 Å². The van der Waals surface area contributed by atoms with Crippen molar-refractivity contribution in [1.82, 2.24) is 5.32 Å². The largest absolute Gasteiger partial charge is 0.632 e. The summed E-state index contributed by atoms with van der Waals surface area (Å²) >= 11 is 0. The molecule has 0 aromatic heterocycles. The number of carbonyl (C=O) groups excluding carboxylic acids is 1. The summed E-state index contributed by atoms with van der Waals surface area (Å²) in [4.78, 5) is 12.4. The van der Waals surface area contributed by atoms with E-state index in [0.717, 1.165) is 12.0 Å². The Kier molecular flexibility index (Phi) is 4.45. The van der Waals surface area contributed by atoms with Gasteiger partial charge in [-0.3, -0.25) is 4.79 Å². The molecule has 0 aliphatic carbocycles. The molecule has 0 bridgehead atoms. The van der Waals surface area contributed by atoms with E-state index in [1.165, 1.54) is 0 Å². The maximum absolute atomic E-state index is 12.8. The average molecular weight is 276 g/mol. The van der Waals surface area contributed by atoms with Crippen molar-refractivity contribution in [3.63, 3.8) is 0 Å². The molecule has 1 aromatic rings. The summed E-state index contributed by atoms with van der Waals surface area (Å²) in [6, 6.07) is 9.24. The van der Waals surface area contributed by atoms with Crippen LogP contribution in [-0.2, 0) is 4.79 Å². The summed E-state index contributed by atoms with van der Waals surface area (Å²) in [6.07, 6.45) is 1.52. The van der Waals surface area contributed by atoms with Gasteiger partial charge < -0.3 is 15.2 Å². The summed E-state index contributed by atoms with van der Waals surface area (Å²) in [5, 5.41) is 15.8. The zero-order valence-electron chi connectivity index (χ0n) is 12.5. The molecule has 20 heavy (non-hydrogen) atoms. The first-order valence-corrected chi connectivity index (χ1v) is 7.39. The maximum atomic E-state index is 12.8. The van der Waals surface area contributed by atoms with Gasteiger partial charge in [-0.1, -0.05) is 30.3 Å². The normalized spacial score (nSPS) is 27.6. The molecule has 1 saturated heterocycles. The Labute approximate surface area is 121 Å². The van der Waals surface area contributed by atoms with Gasteiger partial charge in [0.25, 0.3) is 5.91 Å². The molecule has 0 radical (unpaired) electrons. The van der Waals surface area contributed by atoms with Gasteiger partial charge in [-0.15, -0.1) is 0 Å². The lowest BCUT2D eigenvalue weighted by atomic mass is 10.1. The van der Waals surface area contributed by atoms with Crippen molar-refractivity contribution in [1.29, 1.82) is 0 Å². The fraction of sp³-hybridized carbons (Fsp3) is 0.562. The van der Waals surface area contributed by atoms with Crippen molar-refractivity contribution in [3.8, 4) is 0 Å². The zero-order valence-corrected chi connectivity index (χ0v) is 12.5. The van der Waals surface area contributed by atoms with Crippen LogP contribution in [0.2, 0.25) is 0 Å². The van der Waals surface area contributed by atoms with Crippen LogP contribution in [0, 0.1) is 5.21 Å². The summed E-state index contributed by atoms with van der Waals surface area (Å²) in [5.41, 5.74) is 1.06. The Morgan fingerprint density at radius 3 is 2.55 bits per heavy atom. The lowest BCUT2D eigenvalue weighted by Crippen LogP contribution is -2.57. The number of quaternary nitrogens is 1. The van der Waals surface area contributed by atoms with E-state index in [4.69, 9.17) is 0 Å². The van der Waals surface area contributed by atoms with Gasteiger partial charge in [-0.05, 0) is 26.3 Å². The van der Waals surface area contributed by atoms with Crippen LogP contribution in [0.5, 0.6) is 0 Å². The predicted molar refractivity (Wildman–Crippen MR) is 79.7 cm³/mol. The molecule has 1 amide bonds. The van der Waals surface area contributed by atoms with E-state index in [2.05, 4.69) is 5.32 Å². The SMILES string of the molecule is CC(C)[N@+]1([O-])CCC[C@H]1C(=O)N[C@H](C)c1ccccc1. The number of benzene rings is 1. The lowest BCUT2D eigenvalue weighted by molar-refractivity contribution is -0.904. The molecule has 110 valence electrons. The highest BCUT2D eigenvalue weighted by Crippen LogP contribution is 2.29. The number of hydrogen-bond acceptors (Lipinski definition) is 2. The van der Waals surface area contributed by atoms with Gasteiger partial charge in [0.05, 0.1) is 18.6 Å². The van der Waals surface area contributed by atoms with Crippen molar-refractivity contribution >= 4 is 5.91 Å². The molecule has 1 aliphatic heterocycles. The summed E-state index contributed by atoms with van der Waals surface area (Å²) in [7, 11) is 0. The topological polar surface area (TPSA) is 52.2 Å². The fourth-order valence-corrected chi connectivity index (χ4v) is 2.99. The van der Waals surface area contributed by atoms with Gasteiger partial charge in [-0.25, -0.2) is 0 Å². The fourth-order valence-electron chi connectivity index (χ4n) is 2.99. The van der Waals surface area contributed by atoms with Crippen molar-refractivity contribution < 1.29 is 9.44 Å². The third kappa shape index (κ3) is 2.86. The monoisotopic (exact) mass is 276 g/mol. The van der Waals surface area contributed by atoms with E-state index >= 15 is 0 Å². The minimum atomic E-state index is -0.457. The first-order chi connectivity index (χ1) is 9.45. The van der Waals surface area contributed by atoms with Crippen LogP contribution in [-0.4, -0.2) is 29.2 Å². The van der Waals surface area contributed by atoms with Crippen LogP contribution < -0.4 is 5.32 Å². The van der Waals surface area contributed by atoms with Crippen LogP contribution >= 0.6 is 0 Å². The molecule has 4 heteroatoms. The molecule has 0 spiro atoms. The van der Waals surface area contributed by atoms with Crippen molar-refractivity contribution in [3.05, 3.63) is 41.1 Å². The minimum absolute atomic E-state index is 0.0649. The Balaban J connectivity index is 2.05. The molecule has 1 aromatic carbocycles. The highest BCUT2D eigenvalue weighted by molar-refractivity contribution is 5.81. The van der Waals surface area contributed by atoms with Crippen molar-refractivity contribution in [2.75, 3.05) is 6.54 Å². The number of carbonyl (C=O) groups is 1. The molecule has 0 unspecified atom stereocenters. The zero-order chi connectivity index (χ0) is 14.8. The lowest BCUT2D eigenvalue weighted by Gasteiger charge is -2.47. The number of nitrogens with zero attached hydrogens (tertiary/aromatic N) is 1. The molecule has 2 rings (SSSR count). The first kappa shape index (κ1) is 15.0. The highest BCUT2D eigenvalue weighted by atomic mass is 16.6. The van der Waals surface area contributed by atoms with Crippen LogP contribution in [0.3, 0.4) is 0 Å². The standard InChI is InChI=1S/C16H24N2O2/c1-12(2)18(20)11-7-10-15(18)16(19)17-13(3)14-8-5-4-6-9-14/h4-6,8-9,12-13,15H,7,10-11H2,1-3H3,(H,17,19)/t13-,15+,18-/m1/s1. The average Bonchev–Trinajstić information content (AvgIpc) is 2.83. The third-order valence-corrected chi connectivity index (χ3v) is 4.35. The van der Waals surface area contributed by atoms with Crippen LogP contribution in [0.15, 0.2) is 30.3 Å². The second-order valence-corrected chi connectivity index (χ2v) is 5.97. The number of amides is 1. The Morgan fingerprint density at radius 2 is 1.95 bits per heavy atom. The Bertz CT molecular complexity index is 461. The molecule has 3 atom stereocenters. The number of nitrogens with one attached hydrogen (secondary N) is 1. The van der Waals surface area contributed by atoms with Crippen molar-refractivity contribution in [2.45, 2.75) is 51.7 Å². The maximum Gasteiger partial charge on any atom is 0.279 e. The van der Waals surface area contributed by atoms with E-state index in [1.807, 2.05) is 51.1 Å². The van der Waals surface area contributed by atoms with E-state index in [0.29, 0.717) is 13.0 Å². The molecule has 1 heterocycles. The van der Waals surface area contributed by atoms with E-state index < -0.39 is 6.04 Å². The number of hydrogen-bond donors (Lipinski definition) is 1. The van der Waals surface area contributed by atoms with Gasteiger partial charge in [0, 0.05) is 12.8 Å². The number of likely N-dealkylation sites (tertiary alicyclic amines) is 1. The molecule has 1 fully saturated rings. The highest BCUT2D eigenvalue weighted by Gasteiger charge is 2.42. The summed E-state index contributed by atoms with van der Waals surface area (Å²) in [6.45, 7) is 6.31. The summed E-state index contributed by atoms with van der Waals surface area (Å²) < 4.78 is -0.382. The molecular weight excluding hydrogens is 252 g/mol. The molecule has 4 nitrogen and oxygen atoms in total. The van der Waals surface area contributed by atoms with Crippen molar-refractivity contribution in [2.24, 2.45) is 0 Å². The molecular formula is C16H24N2O2. The number of hydroxylamine groups is 3. The second kappa shape index (κ2) is 5.94. The molecule has 1 aliphatic rings. The third-order valence-electron chi connectivity index (χ3n) is 4.35. The van der Waals surface area contributed by atoms with E-state index in [-0.39, 0.29) is 22.6 Å². The van der Waals surface area contributed by atoms with Gasteiger partial charge in [0.2, 0.25) is 0 Å². The van der Waals surface area contributed by atoms with E-state index in [9.17, 15) is 10.0 Å². The van der Waals surface area contributed by atoms with Crippen LogP contribution in [0.1, 0.15) is 45.2 Å². The predicted octanol–water partition coefficient (Wildman–Crippen LogP) is 2.75. The minimum Gasteiger partial charge on any atom is -0.632 e.